The molecule has 0 rings (SSSR count). The number of unbranched alkanes of at least 4 members (excludes halogenated alkanes) is 14. The molecule has 0 aliphatic heterocycles. The van der Waals surface area contributed by atoms with E-state index in [1.807, 2.05) is 0 Å². The van der Waals surface area contributed by atoms with Crippen molar-refractivity contribution in [3.63, 3.8) is 0 Å². The second kappa shape index (κ2) is 21.1. The summed E-state index contributed by atoms with van der Waals surface area (Å²) in [5.41, 5.74) is -2.74. The molecule has 9 nitrogen and oxygen atoms in total. The van der Waals surface area contributed by atoms with Crippen LogP contribution in [0.1, 0.15) is 122 Å². The molecule has 0 aromatic rings. The summed E-state index contributed by atoms with van der Waals surface area (Å²) in [4.78, 5) is 45.0. The molecule has 0 aromatic heterocycles. The van der Waals surface area contributed by atoms with E-state index in [0.717, 1.165) is 19.3 Å². The van der Waals surface area contributed by atoms with Crippen LogP contribution < -0.4 is 0 Å². The summed E-state index contributed by atoms with van der Waals surface area (Å²) in [6, 6.07) is 0. The van der Waals surface area contributed by atoms with Crippen molar-refractivity contribution in [2.45, 2.75) is 128 Å². The first kappa shape index (κ1) is 32.8. The third-order valence-corrected chi connectivity index (χ3v) is 5.87. The fourth-order valence-corrected chi connectivity index (χ4v) is 3.78. The molecule has 1 unspecified atom stereocenters. The Balaban J connectivity index is 3.57. The van der Waals surface area contributed by atoms with Crippen molar-refractivity contribution in [3.8, 4) is 0 Å². The van der Waals surface area contributed by atoms with E-state index in [-0.39, 0.29) is 19.6 Å². The van der Waals surface area contributed by atoms with Gasteiger partial charge in [0.15, 0.2) is 5.60 Å². The molecule has 0 bridgehead atoms. The molecule has 35 heavy (non-hydrogen) atoms. The van der Waals surface area contributed by atoms with Gasteiger partial charge in [0.25, 0.3) is 0 Å². The van der Waals surface area contributed by atoms with Gasteiger partial charge in [0.1, 0.15) is 13.2 Å². The van der Waals surface area contributed by atoms with Gasteiger partial charge in [-0.25, -0.2) is 4.79 Å². The Labute approximate surface area is 209 Å². The molecule has 9 heteroatoms. The molecule has 0 aromatic carbocycles. The smallest absolute Gasteiger partial charge is 0.336 e. The topological polar surface area (TPSA) is 147 Å². The number of carbonyl (C=O) groups is 4. The average Bonchev–Trinajstić information content (AvgIpc) is 2.78. The second-order valence-electron chi connectivity index (χ2n) is 9.22. The number of hydrogen-bond acceptors (Lipinski definition) is 7. The van der Waals surface area contributed by atoms with E-state index in [0.29, 0.717) is 0 Å². The van der Waals surface area contributed by atoms with Crippen LogP contribution in [0.4, 0.5) is 0 Å². The summed E-state index contributed by atoms with van der Waals surface area (Å²) in [7, 11) is 0. The number of hydrogen-bond donors (Lipinski definition) is 3. The molecular weight excluding hydrogens is 456 g/mol. The van der Waals surface area contributed by atoms with Crippen LogP contribution >= 0.6 is 0 Å². The zero-order chi connectivity index (χ0) is 26.4. The normalized spacial score (nSPS) is 12.6. The minimum atomic E-state index is -2.74. The fraction of sp³-hybridized carbons (Fsp3) is 0.846. The Morgan fingerprint density at radius 2 is 1.00 bits per heavy atom. The molecule has 1 atom stereocenters. The molecule has 0 saturated carbocycles. The monoisotopic (exact) mass is 502 g/mol. The van der Waals surface area contributed by atoms with Crippen LogP contribution in [0.25, 0.3) is 0 Å². The predicted molar refractivity (Wildman–Crippen MR) is 131 cm³/mol. The van der Waals surface area contributed by atoms with E-state index >= 15 is 0 Å². The van der Waals surface area contributed by atoms with Crippen molar-refractivity contribution in [3.05, 3.63) is 0 Å². The Morgan fingerprint density at radius 1 is 0.600 bits per heavy atom. The maximum atomic E-state index is 11.7. The number of carbonyl (C=O) groups excluding carboxylic acids is 2. The number of aliphatic carboxylic acids is 2. The molecule has 204 valence electrons. The molecule has 0 fully saturated rings. The van der Waals surface area contributed by atoms with E-state index in [2.05, 4.69) is 6.92 Å². The SMILES string of the molecule is CCCCCCCCCCCCCCCCCC(=O)OCCOC(=O)CC(O)(CC(=O)O)C(=O)O. The Hall–Kier alpha value is -2.16. The lowest BCUT2D eigenvalue weighted by Gasteiger charge is -2.20. The van der Waals surface area contributed by atoms with Crippen LogP contribution in [0.5, 0.6) is 0 Å². The van der Waals surface area contributed by atoms with Crippen molar-refractivity contribution < 1.29 is 44.0 Å². The molecule has 0 heterocycles. The van der Waals surface area contributed by atoms with Gasteiger partial charge in [0, 0.05) is 6.42 Å². The third-order valence-electron chi connectivity index (χ3n) is 5.87. The van der Waals surface area contributed by atoms with Crippen LogP contribution in [-0.2, 0) is 28.7 Å². The summed E-state index contributed by atoms with van der Waals surface area (Å²) >= 11 is 0. The van der Waals surface area contributed by atoms with Crippen LogP contribution in [0.15, 0.2) is 0 Å². The molecule has 0 aliphatic carbocycles. The summed E-state index contributed by atoms with van der Waals surface area (Å²) in [5, 5.41) is 27.3. The Kier molecular flexibility index (Phi) is 19.8. The van der Waals surface area contributed by atoms with E-state index in [1.165, 1.54) is 77.0 Å². The van der Waals surface area contributed by atoms with E-state index in [9.17, 15) is 24.3 Å². The van der Waals surface area contributed by atoms with Crippen LogP contribution in [0, 0.1) is 0 Å². The number of rotatable bonds is 24. The minimum Gasteiger partial charge on any atom is -0.481 e. The van der Waals surface area contributed by atoms with Gasteiger partial charge in [0.2, 0.25) is 0 Å². The fourth-order valence-electron chi connectivity index (χ4n) is 3.78. The molecule has 3 N–H and O–H groups in total. The molecule has 0 amide bonds. The van der Waals surface area contributed by atoms with Crippen molar-refractivity contribution in [1.29, 1.82) is 0 Å². The number of esters is 2. The Bertz CT molecular complexity index is 606. The summed E-state index contributed by atoms with van der Waals surface area (Å²) in [6.45, 7) is 1.76. The van der Waals surface area contributed by atoms with Crippen molar-refractivity contribution in [2.75, 3.05) is 13.2 Å². The van der Waals surface area contributed by atoms with Crippen LogP contribution in [-0.4, -0.2) is 58.0 Å². The van der Waals surface area contributed by atoms with Crippen LogP contribution in [0.2, 0.25) is 0 Å². The highest BCUT2D eigenvalue weighted by molar-refractivity contribution is 5.88. The summed E-state index contributed by atoms with van der Waals surface area (Å²) < 4.78 is 9.68. The first-order valence-corrected chi connectivity index (χ1v) is 13.2. The van der Waals surface area contributed by atoms with Gasteiger partial charge in [-0.15, -0.1) is 0 Å². The lowest BCUT2D eigenvalue weighted by atomic mass is 9.96. The van der Waals surface area contributed by atoms with Gasteiger partial charge >= 0.3 is 23.9 Å². The minimum absolute atomic E-state index is 0.187. The lowest BCUT2D eigenvalue weighted by molar-refractivity contribution is -0.172. The van der Waals surface area contributed by atoms with Gasteiger partial charge in [-0.3, -0.25) is 14.4 Å². The summed E-state index contributed by atoms with van der Waals surface area (Å²) in [6.07, 6.45) is 16.7. The van der Waals surface area contributed by atoms with E-state index < -0.39 is 42.3 Å². The number of aliphatic hydroxyl groups is 1. The maximum Gasteiger partial charge on any atom is 0.336 e. The van der Waals surface area contributed by atoms with Crippen LogP contribution in [0.3, 0.4) is 0 Å². The van der Waals surface area contributed by atoms with E-state index in [1.54, 1.807) is 0 Å². The molecule has 0 saturated heterocycles. The third kappa shape index (κ3) is 19.8. The highest BCUT2D eigenvalue weighted by Crippen LogP contribution is 2.17. The Morgan fingerprint density at radius 3 is 1.40 bits per heavy atom. The largest absolute Gasteiger partial charge is 0.481 e. The highest BCUT2D eigenvalue weighted by atomic mass is 16.6. The predicted octanol–water partition coefficient (Wildman–Crippen LogP) is 5.01. The number of ether oxygens (including phenoxy) is 2. The van der Waals surface area contributed by atoms with Crippen molar-refractivity contribution in [2.24, 2.45) is 0 Å². The zero-order valence-electron chi connectivity index (χ0n) is 21.4. The van der Waals surface area contributed by atoms with Gasteiger partial charge in [0.05, 0.1) is 12.8 Å². The molecule has 0 spiro atoms. The zero-order valence-corrected chi connectivity index (χ0v) is 21.4. The number of carboxylic acid groups (broad SMARTS) is 2. The van der Waals surface area contributed by atoms with Crippen molar-refractivity contribution >= 4 is 23.9 Å². The number of carboxylic acids is 2. The summed E-state index contributed by atoms with van der Waals surface area (Å²) in [5.74, 6) is -4.87. The molecule has 0 radical (unpaired) electrons. The molecule has 0 aliphatic rings. The first-order chi connectivity index (χ1) is 16.7. The van der Waals surface area contributed by atoms with Gasteiger partial charge in [-0.2, -0.15) is 0 Å². The quantitative estimate of drug-likeness (QED) is 0.122. The molecular formula is C26H46O9. The lowest BCUT2D eigenvalue weighted by Crippen LogP contribution is -2.43. The van der Waals surface area contributed by atoms with Gasteiger partial charge in [-0.1, -0.05) is 96.8 Å². The highest BCUT2D eigenvalue weighted by Gasteiger charge is 2.41. The maximum absolute atomic E-state index is 11.7. The van der Waals surface area contributed by atoms with Gasteiger partial charge in [-0.05, 0) is 6.42 Å². The van der Waals surface area contributed by atoms with Crippen molar-refractivity contribution in [1.82, 2.24) is 0 Å². The second-order valence-corrected chi connectivity index (χ2v) is 9.22. The van der Waals surface area contributed by atoms with E-state index in [4.69, 9.17) is 19.7 Å². The first-order valence-electron chi connectivity index (χ1n) is 13.2. The standard InChI is InChI=1S/C26H46O9/c1-2-3-4-5-6-7-8-9-10-11-12-13-14-15-16-17-23(29)34-18-19-35-24(30)21-26(33,25(31)32)20-22(27)28/h33H,2-21H2,1H3,(H,27,28)(H,31,32). The average molecular weight is 503 g/mol. The van der Waals surface area contributed by atoms with Gasteiger partial charge < -0.3 is 24.8 Å².